The fraction of sp³-hybridized carbons (Fsp3) is 0.290. The van der Waals surface area contributed by atoms with E-state index >= 15 is 0 Å². The normalized spacial score (nSPS) is 14.1. The Morgan fingerprint density at radius 2 is 1.52 bits per heavy atom. The molecule has 42 heavy (non-hydrogen) atoms. The average molecular weight is 590 g/mol. The first-order valence-electron chi connectivity index (χ1n) is 13.7. The van der Waals surface area contributed by atoms with Gasteiger partial charge < -0.3 is 15.0 Å². The highest BCUT2D eigenvalue weighted by atomic mass is 35.5. The Morgan fingerprint density at radius 3 is 2.29 bits per heavy atom. The zero-order chi connectivity index (χ0) is 29.3. The summed E-state index contributed by atoms with van der Waals surface area (Å²) in [5, 5.41) is 4.14. The molecule has 0 spiro atoms. The number of morpholine rings is 1. The molecular formula is C31H30ClF2N7O. The predicted molar refractivity (Wildman–Crippen MR) is 161 cm³/mol. The van der Waals surface area contributed by atoms with Gasteiger partial charge in [0.15, 0.2) is 5.82 Å². The Bertz CT molecular complexity index is 1720. The van der Waals surface area contributed by atoms with Gasteiger partial charge in [-0.15, -0.1) is 0 Å². The molecular weight excluding hydrogens is 560 g/mol. The summed E-state index contributed by atoms with van der Waals surface area (Å²) in [6, 6.07) is 22.8. The quantitative estimate of drug-likeness (QED) is 0.215. The van der Waals surface area contributed by atoms with Gasteiger partial charge in [-0.25, -0.2) is 13.8 Å². The van der Waals surface area contributed by atoms with E-state index in [1.54, 1.807) is 24.3 Å². The fourth-order valence-corrected chi connectivity index (χ4v) is 5.49. The molecule has 3 heterocycles. The molecule has 8 nitrogen and oxygen atoms in total. The molecule has 0 radical (unpaired) electrons. The van der Waals surface area contributed by atoms with Crippen LogP contribution in [0.2, 0.25) is 5.02 Å². The molecule has 5 aromatic rings. The highest BCUT2D eigenvalue weighted by Gasteiger charge is 2.27. The molecule has 6 rings (SSSR count). The minimum absolute atomic E-state index is 0.0743. The van der Waals surface area contributed by atoms with Crippen molar-refractivity contribution in [1.82, 2.24) is 24.5 Å². The second-order valence-corrected chi connectivity index (χ2v) is 11.2. The first-order valence-corrected chi connectivity index (χ1v) is 14.1. The zero-order valence-electron chi connectivity index (χ0n) is 23.3. The number of halogens is 3. The number of benzene rings is 3. The van der Waals surface area contributed by atoms with E-state index in [0.717, 1.165) is 16.7 Å². The first-order chi connectivity index (χ1) is 20.3. The topological polar surface area (TPSA) is 81.0 Å². The third kappa shape index (κ3) is 5.77. The molecule has 0 amide bonds. The van der Waals surface area contributed by atoms with E-state index in [0.29, 0.717) is 54.7 Å². The highest BCUT2D eigenvalue weighted by molar-refractivity contribution is 6.33. The third-order valence-electron chi connectivity index (χ3n) is 7.15. The van der Waals surface area contributed by atoms with Gasteiger partial charge in [-0.05, 0) is 49.6 Å². The summed E-state index contributed by atoms with van der Waals surface area (Å²) in [7, 11) is 0. The van der Waals surface area contributed by atoms with Gasteiger partial charge >= 0.3 is 0 Å². The number of hydrogen-bond donors (Lipinski definition) is 1. The van der Waals surface area contributed by atoms with Crippen LogP contribution in [0.25, 0.3) is 28.1 Å². The first kappa shape index (κ1) is 28.0. The van der Waals surface area contributed by atoms with Gasteiger partial charge in [-0.3, -0.25) is 4.57 Å². The number of ether oxygens (including phenoxy) is 1. The number of para-hydroxylation sites is 2. The van der Waals surface area contributed by atoms with Crippen molar-refractivity contribution in [2.75, 3.05) is 36.5 Å². The van der Waals surface area contributed by atoms with Crippen LogP contribution in [-0.2, 0) is 11.2 Å². The van der Waals surface area contributed by atoms with Gasteiger partial charge in [-0.2, -0.15) is 15.0 Å². The molecule has 0 bridgehead atoms. The maximum atomic E-state index is 14.2. The van der Waals surface area contributed by atoms with Crippen LogP contribution in [0.5, 0.6) is 0 Å². The number of nitrogens with zero attached hydrogens (tertiary/aromatic N) is 6. The zero-order valence-corrected chi connectivity index (χ0v) is 24.0. The minimum Gasteiger partial charge on any atom is -0.378 e. The van der Waals surface area contributed by atoms with Gasteiger partial charge in [0.2, 0.25) is 17.8 Å². The number of aromatic nitrogens is 5. The van der Waals surface area contributed by atoms with Crippen LogP contribution in [0.3, 0.4) is 0 Å². The van der Waals surface area contributed by atoms with Gasteiger partial charge in [0, 0.05) is 29.2 Å². The van der Waals surface area contributed by atoms with Crippen LogP contribution >= 0.6 is 11.6 Å². The predicted octanol–water partition coefficient (Wildman–Crippen LogP) is 6.74. The number of fused-ring (bicyclic) bond motifs is 1. The molecule has 0 saturated carbocycles. The summed E-state index contributed by atoms with van der Waals surface area (Å²) in [4.78, 5) is 20.2. The van der Waals surface area contributed by atoms with Crippen molar-refractivity contribution in [2.24, 2.45) is 0 Å². The number of rotatable bonds is 8. The lowest BCUT2D eigenvalue weighted by atomic mass is 9.89. The third-order valence-corrected chi connectivity index (χ3v) is 7.48. The monoisotopic (exact) mass is 589 g/mol. The van der Waals surface area contributed by atoms with Crippen LogP contribution in [0.1, 0.15) is 31.7 Å². The van der Waals surface area contributed by atoms with Crippen molar-refractivity contribution in [3.05, 3.63) is 89.2 Å². The summed E-state index contributed by atoms with van der Waals surface area (Å²) in [6.07, 6.45) is -2.21. The second kappa shape index (κ2) is 11.6. The molecule has 0 aliphatic carbocycles. The van der Waals surface area contributed by atoms with Crippen LogP contribution in [-0.4, -0.2) is 56.3 Å². The second-order valence-electron chi connectivity index (χ2n) is 10.8. The van der Waals surface area contributed by atoms with Gasteiger partial charge in [-0.1, -0.05) is 66.2 Å². The number of hydrogen-bond acceptors (Lipinski definition) is 7. The molecule has 1 aliphatic rings. The van der Waals surface area contributed by atoms with E-state index in [1.165, 1.54) is 4.57 Å². The summed E-state index contributed by atoms with van der Waals surface area (Å²) in [6.45, 7) is 6.28. The van der Waals surface area contributed by atoms with Crippen molar-refractivity contribution >= 4 is 34.5 Å². The summed E-state index contributed by atoms with van der Waals surface area (Å²) < 4.78 is 35.3. The van der Waals surface area contributed by atoms with Crippen molar-refractivity contribution in [3.63, 3.8) is 0 Å². The Labute approximate surface area is 247 Å². The molecule has 3 aromatic carbocycles. The van der Waals surface area contributed by atoms with Crippen molar-refractivity contribution in [1.29, 1.82) is 0 Å². The SMILES string of the molecule is CC(C)(Cc1ccccc1-c1ccccc1Cl)Nc1nc(N2CCOCC2)nc(-n2c(C(F)F)nc3ccccc32)n1. The summed E-state index contributed by atoms with van der Waals surface area (Å²) in [5.41, 5.74) is 3.47. The summed E-state index contributed by atoms with van der Waals surface area (Å²) >= 11 is 6.55. The van der Waals surface area contributed by atoms with E-state index in [-0.39, 0.29) is 11.9 Å². The molecule has 0 unspecified atom stereocenters. The van der Waals surface area contributed by atoms with Crippen LogP contribution in [0.4, 0.5) is 20.7 Å². The smallest absolute Gasteiger partial charge is 0.296 e. The molecule has 0 atom stereocenters. The fourth-order valence-electron chi connectivity index (χ4n) is 5.26. The van der Waals surface area contributed by atoms with E-state index in [1.807, 2.05) is 55.1 Å². The van der Waals surface area contributed by atoms with Crippen molar-refractivity contribution in [2.45, 2.75) is 32.2 Å². The van der Waals surface area contributed by atoms with Gasteiger partial charge in [0.1, 0.15) is 0 Å². The standard InChI is InChI=1S/C31H30ClF2N7O/c1-31(2,19-20-9-3-4-10-21(20)22-11-5-6-12-23(22)32)39-28-36-29(40-15-17-42-18-16-40)38-30(37-28)41-25-14-8-7-13-24(25)35-27(41)26(33)34/h3-14,26H,15-19H2,1-2H3,(H,36,37,38,39). The molecule has 2 aromatic heterocycles. The largest absolute Gasteiger partial charge is 0.378 e. The van der Waals surface area contributed by atoms with E-state index in [4.69, 9.17) is 21.3 Å². The lowest BCUT2D eigenvalue weighted by Crippen LogP contribution is -2.39. The molecule has 11 heteroatoms. The Morgan fingerprint density at radius 1 is 0.857 bits per heavy atom. The highest BCUT2D eigenvalue weighted by Crippen LogP contribution is 2.33. The Kier molecular flexibility index (Phi) is 7.74. The number of imidazole rings is 1. The maximum absolute atomic E-state index is 14.2. The molecule has 1 N–H and O–H groups in total. The molecule has 1 saturated heterocycles. The van der Waals surface area contributed by atoms with Crippen molar-refractivity contribution in [3.8, 4) is 17.1 Å². The lowest BCUT2D eigenvalue weighted by Gasteiger charge is -2.30. The van der Waals surface area contributed by atoms with E-state index in [9.17, 15) is 8.78 Å². The van der Waals surface area contributed by atoms with Crippen molar-refractivity contribution < 1.29 is 13.5 Å². The van der Waals surface area contributed by atoms with E-state index in [2.05, 4.69) is 32.4 Å². The molecule has 1 aliphatic heterocycles. The Balaban J connectivity index is 1.40. The molecule has 216 valence electrons. The molecule has 1 fully saturated rings. The van der Waals surface area contributed by atoms with Crippen LogP contribution in [0.15, 0.2) is 72.8 Å². The Hall–Kier alpha value is -4.15. The average Bonchev–Trinajstić information content (AvgIpc) is 3.38. The van der Waals surface area contributed by atoms with Crippen LogP contribution in [0, 0.1) is 0 Å². The number of anilines is 2. The van der Waals surface area contributed by atoms with E-state index < -0.39 is 17.8 Å². The van der Waals surface area contributed by atoms with Gasteiger partial charge in [0.05, 0.1) is 24.2 Å². The maximum Gasteiger partial charge on any atom is 0.296 e. The van der Waals surface area contributed by atoms with Gasteiger partial charge in [0.25, 0.3) is 6.43 Å². The number of nitrogens with one attached hydrogen (secondary N) is 1. The minimum atomic E-state index is -2.82. The van der Waals surface area contributed by atoms with Crippen LogP contribution < -0.4 is 10.2 Å². The summed E-state index contributed by atoms with van der Waals surface area (Å²) in [5.74, 6) is 0.315. The lowest BCUT2D eigenvalue weighted by molar-refractivity contribution is 0.122. The number of alkyl halides is 2.